The summed E-state index contributed by atoms with van der Waals surface area (Å²) >= 11 is 4.45. The van der Waals surface area contributed by atoms with E-state index in [4.69, 9.17) is 18.9 Å². The van der Waals surface area contributed by atoms with E-state index < -0.39 is 6.10 Å². The van der Waals surface area contributed by atoms with Crippen molar-refractivity contribution in [3.63, 3.8) is 0 Å². The summed E-state index contributed by atoms with van der Waals surface area (Å²) in [5.74, 6) is 3.55. The summed E-state index contributed by atoms with van der Waals surface area (Å²) in [4.78, 5) is 43.5. The Balaban J connectivity index is -0.00000194. The number of hydrogen-bond donors (Lipinski definition) is 0. The predicted octanol–water partition coefficient (Wildman–Crippen LogP) is 37.7. The lowest BCUT2D eigenvalue weighted by Crippen LogP contribution is -2.34. The van der Waals surface area contributed by atoms with Crippen LogP contribution in [0.3, 0.4) is 0 Å². The number of rotatable bonds is 102. The first-order chi connectivity index (χ1) is 66.3. The Kier molecular flexibility index (Phi) is 120. The molecule has 0 aromatic heterocycles. The number of allylic oxidation sites excluding steroid dienone is 24. The minimum atomic E-state index is -0.422. The number of esters is 3. The van der Waals surface area contributed by atoms with Crippen LogP contribution in [0, 0.1) is 0 Å². The van der Waals surface area contributed by atoms with Crippen molar-refractivity contribution < 1.29 is 33.3 Å². The van der Waals surface area contributed by atoms with Gasteiger partial charge in [-0.2, -0.15) is 23.5 Å². The highest BCUT2D eigenvalue weighted by molar-refractivity contribution is 8.03. The molecule has 0 rings (SSSR count). The zero-order valence-corrected chi connectivity index (χ0v) is 93.0. The Morgan fingerprint density at radius 1 is 0.237 bits per heavy atom. The van der Waals surface area contributed by atoms with Crippen LogP contribution in [0.1, 0.15) is 504 Å². The SMILES string of the molecule is CCCCC/C=C\C/C=C\CCCCCCCC(=O)OCC(CN(C)C)OC(=O)CCCCCCC/C=C\C/C=C\CCCCC.CCCCC/C=C\C/C=C\CCCCCCCCOC(COC(=O)CCCCCCC/C=C\C/C=C\CCCCC)CN(C)C.CCCCC/C=C\C/C=C\CCCCCCCCSCC(CN(C)C)SCCCCCCCC/C=C\C/C=C\CCCCC. The largest absolute Gasteiger partial charge is 0.463 e. The van der Waals surface area contributed by atoms with Gasteiger partial charge in [-0.1, -0.05) is 399 Å². The van der Waals surface area contributed by atoms with Crippen molar-refractivity contribution in [2.75, 3.05) is 99.0 Å². The molecule has 0 aromatic carbocycles. The van der Waals surface area contributed by atoms with Gasteiger partial charge in [0.25, 0.3) is 0 Å². The molecule has 0 aliphatic heterocycles. The molecule has 0 bridgehead atoms. The third-order valence-corrected chi connectivity index (χ3v) is 26.8. The average Bonchev–Trinajstić information content (AvgIpc) is 0.965. The lowest BCUT2D eigenvalue weighted by atomic mass is 10.1. The number of carbonyl (C=O) groups excluding carboxylic acids is 3. The summed E-state index contributed by atoms with van der Waals surface area (Å²) in [6, 6.07) is 0. The van der Waals surface area contributed by atoms with E-state index in [-0.39, 0.29) is 30.6 Å². The Morgan fingerprint density at radius 3 is 0.733 bits per heavy atom. The predicted molar refractivity (Wildman–Crippen MR) is 607 cm³/mol. The van der Waals surface area contributed by atoms with Crippen LogP contribution in [-0.4, -0.2) is 149 Å². The Labute approximate surface area is 849 Å². The van der Waals surface area contributed by atoms with Crippen molar-refractivity contribution in [1.29, 1.82) is 0 Å². The summed E-state index contributed by atoms with van der Waals surface area (Å²) in [5.41, 5.74) is 0. The van der Waals surface area contributed by atoms with Crippen molar-refractivity contribution in [3.8, 4) is 0 Å². The summed E-state index contributed by atoms with van der Waals surface area (Å²) in [6.45, 7) is 17.3. The third kappa shape index (κ3) is 124. The van der Waals surface area contributed by atoms with Crippen LogP contribution >= 0.6 is 23.5 Å². The molecule has 12 heteroatoms. The fraction of sp³-hybridized carbons (Fsp3) is 0.780. The minimum absolute atomic E-state index is 0.0495. The maximum atomic E-state index is 12.4. The molecule has 0 saturated heterocycles. The van der Waals surface area contributed by atoms with Gasteiger partial charge in [0.15, 0.2) is 0 Å². The molecule has 786 valence electrons. The van der Waals surface area contributed by atoms with Crippen LogP contribution in [0.5, 0.6) is 0 Å². The van der Waals surface area contributed by atoms with Crippen molar-refractivity contribution >= 4 is 41.4 Å². The number of carbonyl (C=O) groups is 3. The molecule has 0 aliphatic rings. The van der Waals surface area contributed by atoms with Gasteiger partial charge in [0.1, 0.15) is 25.4 Å². The average molecular weight is 1920 g/mol. The molecule has 0 saturated carbocycles. The Bertz CT molecular complexity index is 2760. The van der Waals surface area contributed by atoms with Crippen molar-refractivity contribution in [3.05, 3.63) is 146 Å². The van der Waals surface area contributed by atoms with Crippen molar-refractivity contribution in [1.82, 2.24) is 14.7 Å². The molecule has 10 nitrogen and oxygen atoms in total. The molecular formula is C123H225N3O7S2. The van der Waals surface area contributed by atoms with Gasteiger partial charge in [-0.25, -0.2) is 0 Å². The van der Waals surface area contributed by atoms with Gasteiger partial charge in [-0.05, 0) is 285 Å². The van der Waals surface area contributed by atoms with E-state index in [2.05, 4.69) is 235 Å². The van der Waals surface area contributed by atoms with Gasteiger partial charge < -0.3 is 33.6 Å². The normalized spacial score (nSPS) is 13.0. The van der Waals surface area contributed by atoms with Crippen LogP contribution in [-0.2, 0) is 33.3 Å². The summed E-state index contributed by atoms with van der Waals surface area (Å²) < 4.78 is 22.9. The standard InChI is InChI=1S/C41H73NO4.C41H75NO3.C41H77NS2/c1-5-7-9-11-13-15-17-19-21-23-25-27-29-31-33-35-40(43)45-38-39(37-42(3)4)46-41(44)36-34-32-30-28-26-24-22-20-18-16-14-12-10-8-6-2;1-5-7-9-11-13-15-17-19-21-23-25-27-29-31-33-35-37-44-40(38-42(3)4)39-45-41(43)36-34-32-30-28-26-24-22-20-18-16-14-12-10-8-6-2;1-5-7-9-11-13-15-17-19-21-23-25-27-29-31-33-35-37-43-40-41(39-42(3)4)44-38-36-34-32-30-28-26-24-22-20-18-16-14-12-10-8-6-2/h13-16,19-22,39H,5-12,17-18,23-38H2,1-4H3;13-16,19-22,40H,5-12,17-18,23-39H2,1-4H3;13-16,19-22,41H,5-12,17-18,23-40H2,1-4H3/b3*15-13-,16-14-,21-19-,22-20-. The van der Waals surface area contributed by atoms with Crippen LogP contribution < -0.4 is 0 Å². The van der Waals surface area contributed by atoms with E-state index in [9.17, 15) is 14.4 Å². The maximum absolute atomic E-state index is 12.4. The van der Waals surface area contributed by atoms with Crippen molar-refractivity contribution in [2.24, 2.45) is 0 Å². The number of likely N-dealkylation sites (N-methyl/N-ethyl adjacent to an activating group) is 2. The number of nitrogens with zero attached hydrogens (tertiary/aromatic N) is 3. The smallest absolute Gasteiger partial charge is 0.306 e. The van der Waals surface area contributed by atoms with E-state index in [1.807, 2.05) is 33.1 Å². The zero-order valence-electron chi connectivity index (χ0n) is 91.4. The highest BCUT2D eigenvalue weighted by Crippen LogP contribution is 2.23. The first-order valence-electron chi connectivity index (χ1n) is 57.3. The molecular weight excluding hydrogens is 1700 g/mol. The molecule has 3 atom stereocenters. The summed E-state index contributed by atoms with van der Waals surface area (Å²) in [5, 5.41) is 0.789. The molecule has 0 aliphatic carbocycles. The Morgan fingerprint density at radius 2 is 0.459 bits per heavy atom. The molecule has 0 fully saturated rings. The monoisotopic (exact) mass is 1920 g/mol. The van der Waals surface area contributed by atoms with Gasteiger partial charge in [0.2, 0.25) is 0 Å². The second kappa shape index (κ2) is 120. The van der Waals surface area contributed by atoms with Crippen molar-refractivity contribution in [2.45, 2.75) is 521 Å². The minimum Gasteiger partial charge on any atom is -0.463 e. The van der Waals surface area contributed by atoms with E-state index in [0.717, 1.165) is 134 Å². The second-order valence-corrected chi connectivity index (χ2v) is 41.6. The summed E-state index contributed by atoms with van der Waals surface area (Å²) in [7, 11) is 12.4. The van der Waals surface area contributed by atoms with Crippen LogP contribution in [0.2, 0.25) is 0 Å². The second-order valence-electron chi connectivity index (χ2n) is 39.0. The molecule has 0 amide bonds. The molecule has 0 N–H and O–H groups in total. The quantitative estimate of drug-likeness (QED) is 0.0251. The lowest BCUT2D eigenvalue weighted by Gasteiger charge is -2.21. The summed E-state index contributed by atoms with van der Waals surface area (Å²) in [6.07, 6.45) is 142. The number of unbranched alkanes of at least 4 members (excludes halogenated alkanes) is 51. The first-order valence-corrected chi connectivity index (χ1v) is 59.6. The van der Waals surface area contributed by atoms with Gasteiger partial charge >= 0.3 is 17.9 Å². The Hall–Kier alpha value is -4.17. The number of ether oxygens (including phenoxy) is 4. The van der Waals surface area contributed by atoms with Crippen LogP contribution in [0.4, 0.5) is 0 Å². The van der Waals surface area contributed by atoms with E-state index in [1.54, 1.807) is 0 Å². The molecule has 135 heavy (non-hydrogen) atoms. The van der Waals surface area contributed by atoms with Gasteiger partial charge in [-0.15, -0.1) is 0 Å². The molecule has 0 spiro atoms. The maximum Gasteiger partial charge on any atom is 0.306 e. The zero-order chi connectivity index (χ0) is 98.7. The highest BCUT2D eigenvalue weighted by atomic mass is 32.2. The van der Waals surface area contributed by atoms with E-state index in [0.29, 0.717) is 32.4 Å². The van der Waals surface area contributed by atoms with Gasteiger partial charge in [-0.3, -0.25) is 14.4 Å². The van der Waals surface area contributed by atoms with Gasteiger partial charge in [0.05, 0.1) is 0 Å². The molecule has 0 aromatic rings. The lowest BCUT2D eigenvalue weighted by molar-refractivity contribution is -0.160. The molecule has 0 heterocycles. The van der Waals surface area contributed by atoms with E-state index in [1.165, 1.54) is 351 Å². The van der Waals surface area contributed by atoms with Crippen LogP contribution in [0.25, 0.3) is 0 Å². The number of hydrogen-bond acceptors (Lipinski definition) is 12. The number of thioether (sulfide) groups is 2. The topological polar surface area (TPSA) is 97.8 Å². The molecule has 3 unspecified atom stereocenters. The van der Waals surface area contributed by atoms with Crippen LogP contribution in [0.15, 0.2) is 146 Å². The molecule has 0 radical (unpaired) electrons. The fourth-order valence-electron chi connectivity index (χ4n) is 15.7. The fourth-order valence-corrected chi connectivity index (χ4v) is 18.5. The first kappa shape index (κ1) is 135. The third-order valence-electron chi connectivity index (χ3n) is 24.0. The van der Waals surface area contributed by atoms with Gasteiger partial charge in [0, 0.05) is 56.5 Å². The highest BCUT2D eigenvalue weighted by Gasteiger charge is 2.19. The van der Waals surface area contributed by atoms with E-state index >= 15 is 0 Å².